The molecule has 14 nitrogen and oxygen atoms in total. The summed E-state index contributed by atoms with van der Waals surface area (Å²) in [7, 11) is 1.60. The number of methoxy groups -OCH3 is 1. The van der Waals surface area contributed by atoms with Crippen molar-refractivity contribution in [3.05, 3.63) is 57.9 Å². The summed E-state index contributed by atoms with van der Waals surface area (Å²) < 4.78 is 7.19. The Morgan fingerprint density at radius 3 is 2.42 bits per heavy atom. The number of hydrogen-bond acceptors (Lipinski definition) is 10. The zero-order valence-corrected chi connectivity index (χ0v) is 29.1. The van der Waals surface area contributed by atoms with Crippen LogP contribution in [0.3, 0.4) is 0 Å². The number of hydrogen-bond donors (Lipinski definition) is 2. The van der Waals surface area contributed by atoms with Crippen molar-refractivity contribution < 1.29 is 19.4 Å². The van der Waals surface area contributed by atoms with Gasteiger partial charge in [0.05, 0.1) is 24.5 Å². The Balaban J connectivity index is 1.16. The van der Waals surface area contributed by atoms with Crippen molar-refractivity contribution in [3.8, 4) is 17.2 Å². The number of fused-ring (bicyclic) bond motifs is 2. The van der Waals surface area contributed by atoms with Crippen LogP contribution in [0.2, 0.25) is 0 Å². The van der Waals surface area contributed by atoms with Crippen molar-refractivity contribution in [3.63, 3.8) is 0 Å². The third kappa shape index (κ3) is 4.78. The molecule has 262 valence electrons. The van der Waals surface area contributed by atoms with Crippen LogP contribution < -0.4 is 20.4 Å². The molecule has 5 aliphatic rings. The quantitative estimate of drug-likeness (QED) is 0.269. The van der Waals surface area contributed by atoms with Crippen LogP contribution in [0.5, 0.6) is 11.5 Å². The summed E-state index contributed by atoms with van der Waals surface area (Å²) >= 11 is 0. The lowest BCUT2D eigenvalue weighted by molar-refractivity contribution is -0.187. The second-order valence-electron chi connectivity index (χ2n) is 14.9. The molecule has 50 heavy (non-hydrogen) atoms. The fourth-order valence-corrected chi connectivity index (χ4v) is 8.90. The van der Waals surface area contributed by atoms with E-state index in [1.165, 1.54) is 11.1 Å². The SMILES string of the molecule is CCc1c(N2CCN(C(=O)c3ncnc(C)c3O)[C@H]3CC[C@@H]32)c(=O)c2nn(-c3ccc(OC)cc3)nc2n1CC(=O)NC12CC(C(C)C)(C1)C2. The average molecular weight is 682 g/mol. The third-order valence-corrected chi connectivity index (χ3v) is 11.9. The number of piperazine rings is 1. The summed E-state index contributed by atoms with van der Waals surface area (Å²) in [5, 5.41) is 23.4. The van der Waals surface area contributed by atoms with Crippen molar-refractivity contribution in [2.24, 2.45) is 11.3 Å². The predicted molar refractivity (Wildman–Crippen MR) is 185 cm³/mol. The van der Waals surface area contributed by atoms with E-state index in [2.05, 4.69) is 34.0 Å². The average Bonchev–Trinajstić information content (AvgIpc) is 3.50. The summed E-state index contributed by atoms with van der Waals surface area (Å²) in [5.41, 5.74) is 2.68. The van der Waals surface area contributed by atoms with Crippen LogP contribution in [0.4, 0.5) is 5.69 Å². The first kappa shape index (κ1) is 32.2. The summed E-state index contributed by atoms with van der Waals surface area (Å²) in [6, 6.07) is 6.95. The van der Waals surface area contributed by atoms with E-state index < -0.39 is 0 Å². The number of carbonyl (C=O) groups is 2. The Kier molecular flexibility index (Phi) is 7.42. The van der Waals surface area contributed by atoms with Crippen molar-refractivity contribution in [2.45, 2.75) is 90.4 Å². The van der Waals surface area contributed by atoms with Crippen LogP contribution >= 0.6 is 0 Å². The van der Waals surface area contributed by atoms with Crippen LogP contribution in [0.15, 0.2) is 35.4 Å². The molecule has 9 rings (SSSR count). The van der Waals surface area contributed by atoms with Crippen LogP contribution in [0.25, 0.3) is 16.9 Å². The van der Waals surface area contributed by atoms with Gasteiger partial charge >= 0.3 is 0 Å². The monoisotopic (exact) mass is 681 g/mol. The second kappa shape index (κ2) is 11.5. The van der Waals surface area contributed by atoms with Gasteiger partial charge in [0.15, 0.2) is 22.6 Å². The van der Waals surface area contributed by atoms with Crippen molar-refractivity contribution in [2.75, 3.05) is 25.1 Å². The molecule has 5 fully saturated rings. The molecule has 4 aromatic rings. The summed E-state index contributed by atoms with van der Waals surface area (Å²) in [4.78, 5) is 55.4. The first-order valence-electron chi connectivity index (χ1n) is 17.5. The largest absolute Gasteiger partial charge is 0.504 e. The van der Waals surface area contributed by atoms with Crippen LogP contribution in [0, 0.1) is 18.3 Å². The summed E-state index contributed by atoms with van der Waals surface area (Å²) in [5.74, 6) is 0.599. The number of aromatic nitrogens is 6. The minimum Gasteiger partial charge on any atom is -0.504 e. The van der Waals surface area contributed by atoms with Gasteiger partial charge in [0, 0.05) is 30.4 Å². The number of nitrogens with one attached hydrogen (secondary N) is 1. The van der Waals surface area contributed by atoms with Crippen LogP contribution in [-0.2, 0) is 17.8 Å². The molecule has 4 heterocycles. The Morgan fingerprint density at radius 2 is 1.78 bits per heavy atom. The van der Waals surface area contributed by atoms with Crippen molar-refractivity contribution >= 4 is 28.7 Å². The normalized spacial score (nSPS) is 25.1. The van der Waals surface area contributed by atoms with Gasteiger partial charge in [-0.2, -0.15) is 0 Å². The first-order chi connectivity index (χ1) is 24.0. The van der Waals surface area contributed by atoms with E-state index >= 15 is 0 Å². The van der Waals surface area contributed by atoms with Gasteiger partial charge in [0.1, 0.15) is 24.3 Å². The molecule has 2 atom stereocenters. The molecular weight excluding hydrogens is 638 g/mol. The van der Waals surface area contributed by atoms with Crippen LogP contribution in [0.1, 0.15) is 74.8 Å². The molecule has 4 aliphatic carbocycles. The molecule has 3 aromatic heterocycles. The maximum atomic E-state index is 14.6. The van der Waals surface area contributed by atoms with E-state index in [0.717, 1.165) is 32.1 Å². The van der Waals surface area contributed by atoms with E-state index in [4.69, 9.17) is 14.9 Å². The number of aromatic hydroxyl groups is 1. The molecule has 1 aromatic carbocycles. The van der Waals surface area contributed by atoms with Crippen molar-refractivity contribution in [1.82, 2.24) is 39.7 Å². The maximum Gasteiger partial charge on any atom is 0.276 e. The highest BCUT2D eigenvalue weighted by Gasteiger charge is 2.69. The van der Waals surface area contributed by atoms with E-state index in [1.807, 2.05) is 23.6 Å². The van der Waals surface area contributed by atoms with Gasteiger partial charge in [0.25, 0.3) is 5.91 Å². The van der Waals surface area contributed by atoms with Crippen LogP contribution in [-0.4, -0.2) is 89.2 Å². The fourth-order valence-electron chi connectivity index (χ4n) is 8.90. The number of pyridine rings is 1. The lowest BCUT2D eigenvalue weighted by atomic mass is 9.36. The number of carbonyl (C=O) groups excluding carboxylic acids is 2. The van der Waals surface area contributed by atoms with Gasteiger partial charge in [-0.25, -0.2) is 9.97 Å². The van der Waals surface area contributed by atoms with Gasteiger partial charge < -0.3 is 29.5 Å². The molecule has 14 heteroatoms. The van der Waals surface area contributed by atoms with Crippen molar-refractivity contribution in [1.29, 1.82) is 0 Å². The predicted octanol–water partition coefficient (Wildman–Crippen LogP) is 3.15. The van der Waals surface area contributed by atoms with E-state index in [0.29, 0.717) is 65.0 Å². The molecule has 0 unspecified atom stereocenters. The minimum absolute atomic E-state index is 0.00355. The number of rotatable bonds is 9. The van der Waals surface area contributed by atoms with E-state index in [9.17, 15) is 19.5 Å². The number of amides is 2. The lowest BCUT2D eigenvalue weighted by Crippen LogP contribution is -2.76. The topological polar surface area (TPSA) is 161 Å². The number of aryl methyl sites for hydroxylation is 1. The Labute approximate surface area is 289 Å². The highest BCUT2D eigenvalue weighted by atomic mass is 16.5. The highest BCUT2D eigenvalue weighted by Crippen LogP contribution is 2.70. The zero-order valence-electron chi connectivity index (χ0n) is 29.1. The van der Waals surface area contributed by atoms with Gasteiger partial charge in [-0.15, -0.1) is 15.0 Å². The summed E-state index contributed by atoms with van der Waals surface area (Å²) in [6.45, 7) is 8.86. The number of benzene rings is 1. The second-order valence-corrected chi connectivity index (χ2v) is 14.9. The highest BCUT2D eigenvalue weighted by molar-refractivity contribution is 5.95. The number of ether oxygens (including phenoxy) is 1. The molecule has 0 radical (unpaired) electrons. The van der Waals surface area contributed by atoms with Gasteiger partial charge in [-0.1, -0.05) is 20.8 Å². The standard InChI is InChI=1S/C36H43N9O5/c1-6-24-30(42-13-14-43(26-12-11-25(26)42)34(49)29-31(47)21(4)37-19-38-29)32(48)28-33(41-45(40-28)22-7-9-23(50-5)10-8-22)44(24)15-27(46)39-36-16-35(17-36,18-36)20(2)3/h7-10,19-20,25-26,47H,6,11-18H2,1-5H3,(H,39,46)/t25-,26-,35?,36?/m0/s1. The third-order valence-electron chi connectivity index (χ3n) is 11.9. The molecule has 1 saturated heterocycles. The molecule has 2 N–H and O–H groups in total. The minimum atomic E-state index is -0.349. The smallest absolute Gasteiger partial charge is 0.276 e. The Hall–Kier alpha value is -5.01. The molecule has 2 bridgehead atoms. The van der Waals surface area contributed by atoms with Gasteiger partial charge in [-0.05, 0) is 81.0 Å². The zero-order chi connectivity index (χ0) is 35.1. The fraction of sp³-hybridized carbons (Fsp3) is 0.528. The summed E-state index contributed by atoms with van der Waals surface area (Å²) in [6.07, 6.45) is 6.31. The first-order valence-corrected chi connectivity index (χ1v) is 17.5. The number of nitrogens with zero attached hydrogens (tertiary/aromatic N) is 8. The Bertz CT molecular complexity index is 2070. The Morgan fingerprint density at radius 1 is 1.06 bits per heavy atom. The van der Waals surface area contributed by atoms with E-state index in [-0.39, 0.29) is 58.4 Å². The molecular formula is C36H43N9O5. The van der Waals surface area contributed by atoms with Gasteiger partial charge in [-0.3, -0.25) is 14.4 Å². The molecule has 2 amide bonds. The van der Waals surface area contributed by atoms with Gasteiger partial charge in [0.2, 0.25) is 11.3 Å². The van der Waals surface area contributed by atoms with E-state index in [1.54, 1.807) is 31.1 Å². The maximum absolute atomic E-state index is 14.6. The molecule has 0 spiro atoms. The number of anilines is 1. The molecule has 1 aliphatic heterocycles. The molecule has 4 saturated carbocycles. The lowest BCUT2D eigenvalue weighted by Gasteiger charge is -2.72.